The maximum absolute atomic E-state index is 11.0. The van der Waals surface area contributed by atoms with Gasteiger partial charge in [0.1, 0.15) is 6.04 Å². The quantitative estimate of drug-likeness (QED) is 0.611. The van der Waals surface area contributed by atoms with Gasteiger partial charge in [0.05, 0.1) is 12.7 Å². The van der Waals surface area contributed by atoms with Crippen LogP contribution in [0.15, 0.2) is 0 Å². The standard InChI is InChI=1S/C9H17NO3/c1-7(8(11)13-2)10-6-9(12)4-3-5-9/h7,10,12H,3-6H2,1-2H3. The largest absolute Gasteiger partial charge is 0.468 e. The first kappa shape index (κ1) is 10.5. The summed E-state index contributed by atoms with van der Waals surface area (Å²) in [5, 5.41) is 12.6. The van der Waals surface area contributed by atoms with Crippen molar-refractivity contribution in [3.8, 4) is 0 Å². The normalized spacial score (nSPS) is 21.8. The first-order valence-electron chi connectivity index (χ1n) is 4.61. The lowest BCUT2D eigenvalue weighted by molar-refractivity contribution is -0.143. The van der Waals surface area contributed by atoms with E-state index in [1.54, 1.807) is 6.92 Å². The van der Waals surface area contributed by atoms with Crippen molar-refractivity contribution in [2.24, 2.45) is 0 Å². The highest BCUT2D eigenvalue weighted by molar-refractivity contribution is 5.75. The molecule has 0 bridgehead atoms. The van der Waals surface area contributed by atoms with Gasteiger partial charge in [-0.1, -0.05) is 0 Å². The van der Waals surface area contributed by atoms with Crippen LogP contribution in [0, 0.1) is 0 Å². The number of ether oxygens (including phenoxy) is 1. The predicted octanol–water partition coefficient (Wildman–Crippen LogP) is 0.0525. The van der Waals surface area contributed by atoms with Gasteiger partial charge >= 0.3 is 5.97 Å². The molecule has 0 spiro atoms. The number of aliphatic hydroxyl groups is 1. The number of methoxy groups -OCH3 is 1. The minimum Gasteiger partial charge on any atom is -0.468 e. The minimum atomic E-state index is -0.581. The van der Waals surface area contributed by atoms with Crippen LogP contribution in [0.5, 0.6) is 0 Å². The molecule has 1 atom stereocenters. The second-order valence-corrected chi connectivity index (χ2v) is 3.70. The van der Waals surface area contributed by atoms with E-state index in [0.717, 1.165) is 19.3 Å². The molecule has 4 heteroatoms. The van der Waals surface area contributed by atoms with Crippen LogP contribution in [0.1, 0.15) is 26.2 Å². The van der Waals surface area contributed by atoms with Crippen molar-refractivity contribution in [3.05, 3.63) is 0 Å². The van der Waals surface area contributed by atoms with Crippen LogP contribution in [0.25, 0.3) is 0 Å². The van der Waals surface area contributed by atoms with E-state index in [4.69, 9.17) is 0 Å². The Hall–Kier alpha value is -0.610. The van der Waals surface area contributed by atoms with Crippen molar-refractivity contribution in [2.45, 2.75) is 37.8 Å². The molecule has 1 aliphatic carbocycles. The monoisotopic (exact) mass is 187 g/mol. The lowest BCUT2D eigenvalue weighted by atomic mass is 9.80. The van der Waals surface area contributed by atoms with Crippen molar-refractivity contribution >= 4 is 5.97 Å². The summed E-state index contributed by atoms with van der Waals surface area (Å²) in [5.41, 5.74) is -0.581. The Balaban J connectivity index is 2.21. The lowest BCUT2D eigenvalue weighted by Crippen LogP contribution is -2.50. The third-order valence-corrected chi connectivity index (χ3v) is 2.58. The molecule has 2 N–H and O–H groups in total. The molecule has 0 aliphatic heterocycles. The zero-order valence-electron chi connectivity index (χ0n) is 8.17. The Morgan fingerprint density at radius 1 is 1.69 bits per heavy atom. The summed E-state index contributed by atoms with van der Waals surface area (Å²) in [6.07, 6.45) is 2.73. The predicted molar refractivity (Wildman–Crippen MR) is 48.3 cm³/mol. The number of hydrogen-bond donors (Lipinski definition) is 2. The molecule has 0 heterocycles. The number of carbonyl (C=O) groups excluding carboxylic acids is 1. The number of carbonyl (C=O) groups is 1. The number of nitrogens with one attached hydrogen (secondary N) is 1. The van der Waals surface area contributed by atoms with Crippen LogP contribution in [-0.2, 0) is 9.53 Å². The Morgan fingerprint density at radius 3 is 2.69 bits per heavy atom. The van der Waals surface area contributed by atoms with Gasteiger partial charge in [0.2, 0.25) is 0 Å². The molecule has 1 fully saturated rings. The molecular formula is C9H17NO3. The fraction of sp³-hybridized carbons (Fsp3) is 0.889. The van der Waals surface area contributed by atoms with Gasteiger partial charge in [0.25, 0.3) is 0 Å². The molecule has 0 aromatic rings. The third-order valence-electron chi connectivity index (χ3n) is 2.58. The first-order chi connectivity index (χ1) is 6.07. The minimum absolute atomic E-state index is 0.289. The van der Waals surface area contributed by atoms with Crippen LogP contribution >= 0.6 is 0 Å². The van der Waals surface area contributed by atoms with E-state index in [1.165, 1.54) is 7.11 Å². The SMILES string of the molecule is COC(=O)C(C)NCC1(O)CCC1. The van der Waals surface area contributed by atoms with Gasteiger partial charge < -0.3 is 15.2 Å². The maximum Gasteiger partial charge on any atom is 0.322 e. The zero-order valence-corrected chi connectivity index (χ0v) is 8.17. The summed E-state index contributed by atoms with van der Waals surface area (Å²) in [4.78, 5) is 11.0. The van der Waals surface area contributed by atoms with Crippen LogP contribution in [0.2, 0.25) is 0 Å². The second-order valence-electron chi connectivity index (χ2n) is 3.70. The van der Waals surface area contributed by atoms with E-state index >= 15 is 0 Å². The van der Waals surface area contributed by atoms with E-state index < -0.39 is 5.60 Å². The molecule has 0 radical (unpaired) electrons. The van der Waals surface area contributed by atoms with Gasteiger partial charge in [-0.3, -0.25) is 4.79 Å². The highest BCUT2D eigenvalue weighted by Gasteiger charge is 2.34. The average Bonchev–Trinajstić information content (AvgIpc) is 2.09. The van der Waals surface area contributed by atoms with E-state index in [-0.39, 0.29) is 12.0 Å². The highest BCUT2D eigenvalue weighted by Crippen LogP contribution is 2.30. The Bertz CT molecular complexity index is 189. The Labute approximate surface area is 78.3 Å². The molecule has 13 heavy (non-hydrogen) atoms. The number of rotatable bonds is 4. The molecule has 0 saturated heterocycles. The fourth-order valence-electron chi connectivity index (χ4n) is 1.36. The van der Waals surface area contributed by atoms with Crippen molar-refractivity contribution in [1.29, 1.82) is 0 Å². The molecular weight excluding hydrogens is 170 g/mol. The van der Waals surface area contributed by atoms with Crippen molar-refractivity contribution in [1.82, 2.24) is 5.32 Å². The van der Waals surface area contributed by atoms with E-state index in [1.807, 2.05) is 0 Å². The van der Waals surface area contributed by atoms with Crippen molar-refractivity contribution in [3.63, 3.8) is 0 Å². The molecule has 1 rings (SSSR count). The average molecular weight is 187 g/mol. The van der Waals surface area contributed by atoms with Crippen LogP contribution in [-0.4, -0.2) is 36.4 Å². The fourth-order valence-corrected chi connectivity index (χ4v) is 1.36. The third kappa shape index (κ3) is 2.67. The Morgan fingerprint density at radius 2 is 2.31 bits per heavy atom. The Kier molecular flexibility index (Phi) is 3.27. The van der Waals surface area contributed by atoms with Gasteiger partial charge in [0.15, 0.2) is 0 Å². The summed E-state index contributed by atoms with van der Waals surface area (Å²) < 4.78 is 4.55. The summed E-state index contributed by atoms with van der Waals surface area (Å²) in [7, 11) is 1.36. The number of esters is 1. The van der Waals surface area contributed by atoms with Gasteiger partial charge in [-0.15, -0.1) is 0 Å². The van der Waals surface area contributed by atoms with Crippen LogP contribution in [0.3, 0.4) is 0 Å². The second kappa shape index (κ2) is 4.07. The van der Waals surface area contributed by atoms with E-state index in [9.17, 15) is 9.90 Å². The first-order valence-corrected chi connectivity index (χ1v) is 4.61. The molecule has 0 amide bonds. The zero-order chi connectivity index (χ0) is 9.90. The lowest BCUT2D eigenvalue weighted by Gasteiger charge is -2.37. The highest BCUT2D eigenvalue weighted by atomic mass is 16.5. The molecule has 1 aliphatic rings. The molecule has 0 aromatic carbocycles. The smallest absolute Gasteiger partial charge is 0.322 e. The van der Waals surface area contributed by atoms with E-state index in [2.05, 4.69) is 10.1 Å². The molecule has 1 unspecified atom stereocenters. The topological polar surface area (TPSA) is 58.6 Å². The molecule has 1 saturated carbocycles. The number of hydrogen-bond acceptors (Lipinski definition) is 4. The summed E-state index contributed by atoms with van der Waals surface area (Å²) >= 11 is 0. The van der Waals surface area contributed by atoms with Gasteiger partial charge in [-0.2, -0.15) is 0 Å². The van der Waals surface area contributed by atoms with Crippen molar-refractivity contribution < 1.29 is 14.6 Å². The van der Waals surface area contributed by atoms with Crippen LogP contribution in [0.4, 0.5) is 0 Å². The molecule has 76 valence electrons. The van der Waals surface area contributed by atoms with Gasteiger partial charge in [-0.05, 0) is 26.2 Å². The maximum atomic E-state index is 11.0. The van der Waals surface area contributed by atoms with Crippen molar-refractivity contribution in [2.75, 3.05) is 13.7 Å². The van der Waals surface area contributed by atoms with Crippen LogP contribution < -0.4 is 5.32 Å². The van der Waals surface area contributed by atoms with Gasteiger partial charge in [0, 0.05) is 6.54 Å². The summed E-state index contributed by atoms with van der Waals surface area (Å²) in [6, 6.07) is -0.338. The van der Waals surface area contributed by atoms with Gasteiger partial charge in [-0.25, -0.2) is 0 Å². The summed E-state index contributed by atoms with van der Waals surface area (Å²) in [6.45, 7) is 2.21. The molecule has 4 nitrogen and oxygen atoms in total. The molecule has 0 aromatic heterocycles. The summed E-state index contributed by atoms with van der Waals surface area (Å²) in [5.74, 6) is -0.289. The van der Waals surface area contributed by atoms with E-state index in [0.29, 0.717) is 6.54 Å².